The maximum absolute atomic E-state index is 12.9. The normalized spacial score (nSPS) is 14.1. The molecule has 130 valence electrons. The van der Waals surface area contributed by atoms with Gasteiger partial charge in [-0.15, -0.1) is 16.4 Å². The Labute approximate surface area is 149 Å². The second-order valence-corrected chi connectivity index (χ2v) is 7.30. The summed E-state index contributed by atoms with van der Waals surface area (Å²) in [5, 5.41) is 7.01. The highest BCUT2D eigenvalue weighted by Crippen LogP contribution is 2.30. The molecule has 0 aliphatic heterocycles. The zero-order chi connectivity index (χ0) is 17.4. The fourth-order valence-corrected chi connectivity index (χ4v) is 3.46. The minimum absolute atomic E-state index is 0.0155. The molecule has 0 radical (unpaired) electrons. The molecule has 3 heterocycles. The molecule has 7 nitrogen and oxygen atoms in total. The van der Waals surface area contributed by atoms with Crippen LogP contribution in [-0.4, -0.2) is 43.5 Å². The van der Waals surface area contributed by atoms with E-state index in [0.717, 1.165) is 24.5 Å². The van der Waals surface area contributed by atoms with E-state index in [9.17, 15) is 4.79 Å². The first-order valence-corrected chi connectivity index (χ1v) is 9.39. The summed E-state index contributed by atoms with van der Waals surface area (Å²) in [7, 11) is 0. The average Bonchev–Trinajstić information content (AvgIpc) is 3.10. The van der Waals surface area contributed by atoms with Crippen LogP contribution in [0.1, 0.15) is 36.5 Å². The summed E-state index contributed by atoms with van der Waals surface area (Å²) in [6.07, 6.45) is 5.09. The van der Waals surface area contributed by atoms with Crippen LogP contribution in [0.15, 0.2) is 23.7 Å². The molecule has 3 aromatic heterocycles. The number of carbonyl (C=O) groups excluding carboxylic acids is 1. The zero-order valence-electron chi connectivity index (χ0n) is 14.1. The summed E-state index contributed by atoms with van der Waals surface area (Å²) in [5.41, 5.74) is 7.25. The zero-order valence-corrected chi connectivity index (χ0v) is 14.9. The molecule has 1 aliphatic carbocycles. The van der Waals surface area contributed by atoms with Gasteiger partial charge in [0.1, 0.15) is 5.82 Å². The van der Waals surface area contributed by atoms with E-state index in [2.05, 4.69) is 22.0 Å². The molecule has 1 saturated carbocycles. The van der Waals surface area contributed by atoms with E-state index in [1.807, 2.05) is 10.3 Å². The maximum atomic E-state index is 12.9. The summed E-state index contributed by atoms with van der Waals surface area (Å²) in [4.78, 5) is 23.6. The van der Waals surface area contributed by atoms with E-state index >= 15 is 0 Å². The van der Waals surface area contributed by atoms with Gasteiger partial charge in [0.15, 0.2) is 10.7 Å². The Hall–Kier alpha value is -2.48. The molecule has 0 unspecified atom stereocenters. The average molecular weight is 356 g/mol. The van der Waals surface area contributed by atoms with Crippen molar-refractivity contribution in [2.75, 3.05) is 18.8 Å². The Morgan fingerprint density at radius 2 is 2.28 bits per heavy atom. The highest BCUT2D eigenvalue weighted by molar-refractivity contribution is 7.13. The Morgan fingerprint density at radius 1 is 1.44 bits per heavy atom. The lowest BCUT2D eigenvalue weighted by atomic mass is 10.2. The van der Waals surface area contributed by atoms with E-state index in [-0.39, 0.29) is 5.91 Å². The van der Waals surface area contributed by atoms with Crippen molar-refractivity contribution in [3.8, 4) is 10.8 Å². The first-order valence-electron chi connectivity index (χ1n) is 8.51. The van der Waals surface area contributed by atoms with Gasteiger partial charge in [-0.2, -0.15) is 4.52 Å². The highest BCUT2D eigenvalue weighted by Gasteiger charge is 2.27. The quantitative estimate of drug-likeness (QED) is 0.733. The number of carbonyl (C=O) groups is 1. The summed E-state index contributed by atoms with van der Waals surface area (Å²) in [5.74, 6) is 1.59. The first kappa shape index (κ1) is 16.0. The third-order valence-electron chi connectivity index (χ3n) is 4.29. The van der Waals surface area contributed by atoms with Gasteiger partial charge in [-0.25, -0.2) is 9.97 Å². The van der Waals surface area contributed by atoms with Crippen LogP contribution in [0.25, 0.3) is 16.5 Å². The number of aromatic nitrogens is 4. The molecule has 4 rings (SSSR count). The van der Waals surface area contributed by atoms with Gasteiger partial charge in [0.2, 0.25) is 5.82 Å². The topological polar surface area (TPSA) is 89.4 Å². The van der Waals surface area contributed by atoms with Gasteiger partial charge in [-0.1, -0.05) is 6.92 Å². The molecule has 1 aliphatic rings. The number of amides is 1. The van der Waals surface area contributed by atoms with Crippen LogP contribution in [0.4, 0.5) is 5.82 Å². The minimum atomic E-state index is 0.0155. The van der Waals surface area contributed by atoms with E-state index in [4.69, 9.17) is 5.73 Å². The SMILES string of the molecule is CCCN(CC1CC1)C(=O)c1cc(N)n2nc(-c3nccs3)nc2c1. The standard InChI is InChI=1S/C17H20N6OS/c1-2-6-22(10-11-3-4-11)17(24)12-8-13(18)23-14(9-12)20-15(21-23)16-19-5-7-25-16/h5,7-9,11H,2-4,6,10,18H2,1H3. The van der Waals surface area contributed by atoms with Crippen molar-refractivity contribution in [3.05, 3.63) is 29.3 Å². The van der Waals surface area contributed by atoms with Crippen molar-refractivity contribution in [2.45, 2.75) is 26.2 Å². The number of nitrogens with zero attached hydrogens (tertiary/aromatic N) is 5. The lowest BCUT2D eigenvalue weighted by Gasteiger charge is -2.22. The number of nitrogens with two attached hydrogens (primary N) is 1. The summed E-state index contributed by atoms with van der Waals surface area (Å²) >= 11 is 1.47. The summed E-state index contributed by atoms with van der Waals surface area (Å²) in [6.45, 7) is 3.68. The Kier molecular flexibility index (Phi) is 4.12. The summed E-state index contributed by atoms with van der Waals surface area (Å²) < 4.78 is 1.55. The molecule has 1 amide bonds. The number of fused-ring (bicyclic) bond motifs is 1. The number of hydrogen-bond donors (Lipinski definition) is 1. The summed E-state index contributed by atoms with van der Waals surface area (Å²) in [6, 6.07) is 3.45. The third-order valence-corrected chi connectivity index (χ3v) is 5.06. The molecule has 1 fully saturated rings. The van der Waals surface area contributed by atoms with Crippen molar-refractivity contribution < 1.29 is 4.79 Å². The number of nitrogen functional groups attached to an aromatic ring is 1. The van der Waals surface area contributed by atoms with Gasteiger partial charge in [0, 0.05) is 30.2 Å². The molecular formula is C17H20N6OS. The van der Waals surface area contributed by atoms with Gasteiger partial charge in [-0.3, -0.25) is 4.79 Å². The Morgan fingerprint density at radius 3 is 2.96 bits per heavy atom. The smallest absolute Gasteiger partial charge is 0.254 e. The number of anilines is 1. The molecule has 0 bridgehead atoms. The minimum Gasteiger partial charge on any atom is -0.384 e. The lowest BCUT2D eigenvalue weighted by molar-refractivity contribution is 0.0747. The highest BCUT2D eigenvalue weighted by atomic mass is 32.1. The van der Waals surface area contributed by atoms with E-state index in [1.54, 1.807) is 22.8 Å². The first-order chi connectivity index (χ1) is 12.2. The molecule has 3 aromatic rings. The van der Waals surface area contributed by atoms with Crippen LogP contribution in [-0.2, 0) is 0 Å². The van der Waals surface area contributed by atoms with Crippen LogP contribution in [0.2, 0.25) is 0 Å². The van der Waals surface area contributed by atoms with Crippen LogP contribution in [0.3, 0.4) is 0 Å². The van der Waals surface area contributed by atoms with Crippen LogP contribution >= 0.6 is 11.3 Å². The largest absolute Gasteiger partial charge is 0.384 e. The number of thiazole rings is 1. The fourth-order valence-electron chi connectivity index (χ4n) is 2.90. The molecular weight excluding hydrogens is 336 g/mol. The molecule has 0 atom stereocenters. The van der Waals surface area contributed by atoms with Crippen molar-refractivity contribution in [1.29, 1.82) is 0 Å². The molecule has 0 saturated heterocycles. The fraction of sp³-hybridized carbons (Fsp3) is 0.412. The van der Waals surface area contributed by atoms with E-state index < -0.39 is 0 Å². The van der Waals surface area contributed by atoms with Crippen LogP contribution in [0.5, 0.6) is 0 Å². The predicted molar refractivity (Wildman–Crippen MR) is 97.4 cm³/mol. The molecule has 0 spiro atoms. The second-order valence-electron chi connectivity index (χ2n) is 6.41. The number of pyridine rings is 1. The van der Waals surface area contributed by atoms with Gasteiger partial charge >= 0.3 is 0 Å². The maximum Gasteiger partial charge on any atom is 0.254 e. The monoisotopic (exact) mass is 356 g/mol. The van der Waals surface area contributed by atoms with Crippen LogP contribution in [0, 0.1) is 5.92 Å². The van der Waals surface area contributed by atoms with Gasteiger partial charge in [0.05, 0.1) is 0 Å². The second kappa shape index (κ2) is 6.44. The Balaban J connectivity index is 1.68. The van der Waals surface area contributed by atoms with Gasteiger partial charge in [-0.05, 0) is 37.3 Å². The molecule has 2 N–H and O–H groups in total. The van der Waals surface area contributed by atoms with Crippen molar-refractivity contribution in [2.24, 2.45) is 5.92 Å². The van der Waals surface area contributed by atoms with Gasteiger partial charge in [0.25, 0.3) is 5.91 Å². The predicted octanol–water partition coefficient (Wildman–Crippen LogP) is 2.70. The Bertz CT molecular complexity index is 899. The van der Waals surface area contributed by atoms with E-state index in [1.165, 1.54) is 24.2 Å². The van der Waals surface area contributed by atoms with Crippen molar-refractivity contribution in [3.63, 3.8) is 0 Å². The molecule has 8 heteroatoms. The molecule has 25 heavy (non-hydrogen) atoms. The lowest BCUT2D eigenvalue weighted by Crippen LogP contribution is -2.33. The van der Waals surface area contributed by atoms with E-state index in [0.29, 0.717) is 28.8 Å². The molecule has 0 aromatic carbocycles. The number of rotatable bonds is 6. The number of hydrogen-bond acceptors (Lipinski definition) is 6. The van der Waals surface area contributed by atoms with Crippen LogP contribution < -0.4 is 5.73 Å². The van der Waals surface area contributed by atoms with Crippen molar-refractivity contribution in [1.82, 2.24) is 24.5 Å². The third kappa shape index (κ3) is 3.21. The van der Waals surface area contributed by atoms with Gasteiger partial charge < -0.3 is 10.6 Å². The van der Waals surface area contributed by atoms with Crippen molar-refractivity contribution >= 4 is 28.7 Å².